The minimum absolute atomic E-state index is 0.306. The summed E-state index contributed by atoms with van der Waals surface area (Å²) in [5.41, 5.74) is -0.306. The summed E-state index contributed by atoms with van der Waals surface area (Å²) in [6.45, 7) is 0. The van der Waals surface area contributed by atoms with Gasteiger partial charge in [-0.15, -0.1) is 0 Å². The zero-order valence-corrected chi connectivity index (χ0v) is 9.98. The number of primary sulfonamides is 1. The molecule has 0 saturated carbocycles. The van der Waals surface area contributed by atoms with E-state index in [0.29, 0.717) is 6.07 Å². The van der Waals surface area contributed by atoms with Crippen molar-refractivity contribution in [2.45, 2.75) is 17.5 Å². The highest BCUT2D eigenvalue weighted by molar-refractivity contribution is 7.89. The van der Waals surface area contributed by atoms with Gasteiger partial charge in [-0.05, 0) is 18.2 Å². The molecule has 0 aromatic heterocycles. The number of halogens is 4. The molecule has 0 heterocycles. The fraction of sp³-hybridized carbons (Fsp3) is 0.222. The third kappa shape index (κ3) is 4.83. The van der Waals surface area contributed by atoms with Crippen LogP contribution in [0.15, 0.2) is 23.1 Å². The van der Waals surface area contributed by atoms with Crippen molar-refractivity contribution in [3.05, 3.63) is 24.0 Å². The summed E-state index contributed by atoms with van der Waals surface area (Å²) in [7, 11) is -4.28. The summed E-state index contributed by atoms with van der Waals surface area (Å²) in [6, 6.07) is 2.24. The van der Waals surface area contributed by atoms with Gasteiger partial charge in [0.25, 0.3) is 0 Å². The van der Waals surface area contributed by atoms with Gasteiger partial charge >= 0.3 is 6.18 Å². The number of hydrogen-bond donors (Lipinski definition) is 2. The van der Waals surface area contributed by atoms with Gasteiger partial charge in [0.2, 0.25) is 15.9 Å². The number of carbonyl (C=O) groups is 1. The van der Waals surface area contributed by atoms with Crippen molar-refractivity contribution < 1.29 is 30.8 Å². The van der Waals surface area contributed by atoms with E-state index in [9.17, 15) is 30.8 Å². The first-order valence-corrected chi connectivity index (χ1v) is 6.22. The van der Waals surface area contributed by atoms with Gasteiger partial charge in [0.05, 0.1) is 0 Å². The lowest BCUT2D eigenvalue weighted by Crippen LogP contribution is -2.21. The molecule has 0 fully saturated rings. The number of rotatable bonds is 3. The molecule has 1 rings (SSSR count). The van der Waals surface area contributed by atoms with E-state index in [1.807, 2.05) is 0 Å². The van der Waals surface area contributed by atoms with Crippen molar-refractivity contribution in [3.63, 3.8) is 0 Å². The Morgan fingerprint density at radius 1 is 1.32 bits per heavy atom. The van der Waals surface area contributed by atoms with Gasteiger partial charge in [-0.25, -0.2) is 17.9 Å². The van der Waals surface area contributed by atoms with Gasteiger partial charge in [-0.1, -0.05) is 0 Å². The molecule has 0 saturated heterocycles. The topological polar surface area (TPSA) is 89.3 Å². The average Bonchev–Trinajstić information content (AvgIpc) is 2.11. The average molecular weight is 300 g/mol. The van der Waals surface area contributed by atoms with E-state index in [2.05, 4.69) is 5.14 Å². The maximum Gasteiger partial charge on any atom is 0.397 e. The van der Waals surface area contributed by atoms with E-state index in [1.165, 1.54) is 0 Å². The largest absolute Gasteiger partial charge is 0.397 e. The summed E-state index contributed by atoms with van der Waals surface area (Å²) < 4.78 is 70.7. The minimum Gasteiger partial charge on any atom is -0.326 e. The van der Waals surface area contributed by atoms with E-state index in [0.717, 1.165) is 12.1 Å². The Bertz CT molecular complexity index is 598. The number of carbonyl (C=O) groups excluding carboxylic acids is 1. The molecule has 10 heteroatoms. The predicted octanol–water partition coefficient (Wildman–Crippen LogP) is 1.36. The van der Waals surface area contributed by atoms with Gasteiger partial charge in [0.15, 0.2) is 0 Å². The second kappa shape index (κ2) is 5.13. The minimum atomic E-state index is -4.69. The van der Waals surface area contributed by atoms with Crippen LogP contribution in [0.4, 0.5) is 23.2 Å². The Balaban J connectivity index is 2.89. The first-order chi connectivity index (χ1) is 8.49. The molecule has 0 aliphatic rings. The predicted molar refractivity (Wildman–Crippen MR) is 57.1 cm³/mol. The molecule has 3 N–H and O–H groups in total. The Labute approximate surface area is 105 Å². The van der Waals surface area contributed by atoms with Crippen LogP contribution in [0.5, 0.6) is 0 Å². The quantitative estimate of drug-likeness (QED) is 0.826. The van der Waals surface area contributed by atoms with Gasteiger partial charge in [0.1, 0.15) is 17.1 Å². The molecule has 19 heavy (non-hydrogen) atoms. The number of hydrogen-bond acceptors (Lipinski definition) is 3. The summed E-state index contributed by atoms with van der Waals surface area (Å²) >= 11 is 0. The monoisotopic (exact) mass is 300 g/mol. The molecule has 0 aliphatic carbocycles. The van der Waals surface area contributed by atoms with Crippen LogP contribution in [0, 0.1) is 5.82 Å². The Kier molecular flexibility index (Phi) is 4.15. The molecule has 0 radical (unpaired) electrons. The molecule has 0 spiro atoms. The van der Waals surface area contributed by atoms with Crippen LogP contribution in [-0.2, 0) is 14.8 Å². The molecular weight excluding hydrogens is 292 g/mol. The standard InChI is InChI=1S/C9H8F4N2O3S/c10-6-3-5(1-2-7(6)19(14,17)18)15-8(16)4-9(11,12)13/h1-3H,4H2,(H,15,16)(H2,14,17,18). The van der Waals surface area contributed by atoms with Crippen LogP contribution in [0.3, 0.4) is 0 Å². The number of sulfonamides is 1. The number of nitrogens with two attached hydrogens (primary N) is 1. The van der Waals surface area contributed by atoms with E-state index in [4.69, 9.17) is 0 Å². The number of amides is 1. The van der Waals surface area contributed by atoms with Gasteiger partial charge in [0, 0.05) is 5.69 Å². The van der Waals surface area contributed by atoms with Crippen LogP contribution >= 0.6 is 0 Å². The summed E-state index contributed by atoms with van der Waals surface area (Å²) in [4.78, 5) is 10.1. The van der Waals surface area contributed by atoms with Crippen molar-refractivity contribution in [2.75, 3.05) is 5.32 Å². The fourth-order valence-corrected chi connectivity index (χ4v) is 1.79. The van der Waals surface area contributed by atoms with Crippen LogP contribution in [-0.4, -0.2) is 20.5 Å². The maximum absolute atomic E-state index is 13.3. The summed E-state index contributed by atoms with van der Waals surface area (Å²) in [5.74, 6) is -2.66. The molecular formula is C9H8F4N2O3S. The lowest BCUT2D eigenvalue weighted by atomic mass is 10.3. The maximum atomic E-state index is 13.3. The first-order valence-electron chi connectivity index (χ1n) is 4.68. The smallest absolute Gasteiger partial charge is 0.326 e. The molecule has 0 aliphatic heterocycles. The number of alkyl halides is 3. The SMILES string of the molecule is NS(=O)(=O)c1ccc(NC(=O)CC(F)(F)F)cc1F. The highest BCUT2D eigenvalue weighted by atomic mass is 32.2. The first kappa shape index (κ1) is 15.4. The molecule has 106 valence electrons. The second-order valence-corrected chi connectivity index (χ2v) is 5.06. The Hall–Kier alpha value is -1.68. The molecule has 0 atom stereocenters. The van der Waals surface area contributed by atoms with E-state index >= 15 is 0 Å². The highest BCUT2D eigenvalue weighted by Crippen LogP contribution is 2.22. The van der Waals surface area contributed by atoms with Crippen LogP contribution in [0.1, 0.15) is 6.42 Å². The third-order valence-electron chi connectivity index (χ3n) is 1.88. The van der Waals surface area contributed by atoms with Crippen molar-refractivity contribution >= 4 is 21.6 Å². The fourth-order valence-electron chi connectivity index (χ4n) is 1.20. The van der Waals surface area contributed by atoms with Crippen molar-refractivity contribution in [3.8, 4) is 0 Å². The molecule has 0 unspecified atom stereocenters. The zero-order chi connectivity index (χ0) is 14.8. The number of nitrogens with one attached hydrogen (secondary N) is 1. The lowest BCUT2D eigenvalue weighted by Gasteiger charge is -2.08. The number of benzene rings is 1. The van der Waals surface area contributed by atoms with E-state index in [1.54, 1.807) is 5.32 Å². The lowest BCUT2D eigenvalue weighted by molar-refractivity contribution is -0.150. The van der Waals surface area contributed by atoms with E-state index < -0.39 is 39.2 Å². The van der Waals surface area contributed by atoms with Crippen molar-refractivity contribution in [1.82, 2.24) is 0 Å². The zero-order valence-electron chi connectivity index (χ0n) is 9.16. The third-order valence-corrected chi connectivity index (χ3v) is 2.83. The van der Waals surface area contributed by atoms with Crippen LogP contribution in [0.25, 0.3) is 0 Å². The van der Waals surface area contributed by atoms with Crippen LogP contribution < -0.4 is 10.5 Å². The van der Waals surface area contributed by atoms with Gasteiger partial charge < -0.3 is 5.32 Å². The summed E-state index contributed by atoms with van der Waals surface area (Å²) in [5, 5.41) is 6.47. The Morgan fingerprint density at radius 3 is 2.32 bits per heavy atom. The molecule has 1 amide bonds. The van der Waals surface area contributed by atoms with Crippen LogP contribution in [0.2, 0.25) is 0 Å². The Morgan fingerprint density at radius 2 is 1.89 bits per heavy atom. The molecule has 1 aromatic rings. The second-order valence-electron chi connectivity index (χ2n) is 3.53. The molecule has 5 nitrogen and oxygen atoms in total. The highest BCUT2D eigenvalue weighted by Gasteiger charge is 2.31. The van der Waals surface area contributed by atoms with Crippen molar-refractivity contribution in [1.29, 1.82) is 0 Å². The molecule has 0 bridgehead atoms. The summed E-state index contributed by atoms with van der Waals surface area (Å²) in [6.07, 6.45) is -6.42. The van der Waals surface area contributed by atoms with Gasteiger partial charge in [-0.2, -0.15) is 13.2 Å². The van der Waals surface area contributed by atoms with Crippen molar-refractivity contribution in [2.24, 2.45) is 5.14 Å². The van der Waals surface area contributed by atoms with E-state index in [-0.39, 0.29) is 5.69 Å². The van der Waals surface area contributed by atoms with Gasteiger partial charge in [-0.3, -0.25) is 4.79 Å². The normalized spacial score (nSPS) is 12.3. The molecule has 1 aromatic carbocycles. The number of anilines is 1.